The van der Waals surface area contributed by atoms with Crippen molar-refractivity contribution in [2.24, 2.45) is 13.0 Å². The lowest BCUT2D eigenvalue weighted by molar-refractivity contribution is -0.141. The average Bonchev–Trinajstić information content (AvgIpc) is 2.81. The van der Waals surface area contributed by atoms with Gasteiger partial charge in [0.25, 0.3) is 5.91 Å². The van der Waals surface area contributed by atoms with Gasteiger partial charge in [-0.15, -0.1) is 0 Å². The third kappa shape index (κ3) is 3.52. The molecule has 0 aliphatic carbocycles. The fraction of sp³-hybridized carbons (Fsp3) is 0.312. The van der Waals surface area contributed by atoms with Gasteiger partial charge in [0.2, 0.25) is 0 Å². The molecule has 0 fully saturated rings. The number of anilines is 1. The van der Waals surface area contributed by atoms with E-state index in [1.165, 1.54) is 6.20 Å². The number of nitrogens with one attached hydrogen (secondary N) is 1. The van der Waals surface area contributed by atoms with Gasteiger partial charge in [0.05, 0.1) is 17.7 Å². The van der Waals surface area contributed by atoms with Gasteiger partial charge in [0.15, 0.2) is 0 Å². The van der Waals surface area contributed by atoms with Gasteiger partial charge in [-0.2, -0.15) is 5.10 Å². The first kappa shape index (κ1) is 15.8. The largest absolute Gasteiger partial charge is 0.481 e. The molecule has 1 heterocycles. The molecule has 22 heavy (non-hydrogen) atoms. The highest BCUT2D eigenvalue weighted by molar-refractivity contribution is 6.04. The van der Waals surface area contributed by atoms with Crippen molar-refractivity contribution in [1.82, 2.24) is 9.78 Å². The summed E-state index contributed by atoms with van der Waals surface area (Å²) in [5.74, 6) is -1.46. The van der Waals surface area contributed by atoms with E-state index in [1.54, 1.807) is 30.8 Å². The Kier molecular flexibility index (Phi) is 4.60. The summed E-state index contributed by atoms with van der Waals surface area (Å²) in [7, 11) is 1.78. The number of hydrogen-bond acceptors (Lipinski definition) is 3. The van der Waals surface area contributed by atoms with Crippen LogP contribution in [-0.2, 0) is 18.3 Å². The van der Waals surface area contributed by atoms with Crippen molar-refractivity contribution in [3.63, 3.8) is 0 Å². The van der Waals surface area contributed by atoms with Crippen LogP contribution in [0.25, 0.3) is 0 Å². The predicted molar refractivity (Wildman–Crippen MR) is 82.8 cm³/mol. The normalized spacial score (nSPS) is 12.0. The van der Waals surface area contributed by atoms with Gasteiger partial charge in [-0.1, -0.05) is 19.1 Å². The molecule has 0 aliphatic rings. The van der Waals surface area contributed by atoms with E-state index in [2.05, 4.69) is 10.4 Å². The van der Waals surface area contributed by atoms with Crippen LogP contribution >= 0.6 is 0 Å². The Morgan fingerprint density at radius 1 is 1.32 bits per heavy atom. The predicted octanol–water partition coefficient (Wildman–Crippen LogP) is 2.24. The van der Waals surface area contributed by atoms with Crippen LogP contribution in [0.15, 0.2) is 30.5 Å². The maximum absolute atomic E-state index is 12.2. The molecule has 0 saturated heterocycles. The lowest BCUT2D eigenvalue weighted by atomic mass is 10.0. The van der Waals surface area contributed by atoms with Crippen LogP contribution in [-0.4, -0.2) is 26.8 Å². The molecule has 1 aromatic heterocycles. The first-order valence-electron chi connectivity index (χ1n) is 7.00. The fourth-order valence-electron chi connectivity index (χ4n) is 2.09. The number of aromatic nitrogens is 2. The van der Waals surface area contributed by atoms with Crippen LogP contribution < -0.4 is 5.32 Å². The molecule has 116 valence electrons. The van der Waals surface area contributed by atoms with Crippen molar-refractivity contribution < 1.29 is 14.7 Å². The number of rotatable bonds is 5. The van der Waals surface area contributed by atoms with E-state index in [-0.39, 0.29) is 5.91 Å². The standard InChI is InChI=1S/C16H19N3O3/c1-10(16(21)22)8-12-4-6-13(7-5-12)18-15(20)14-9-17-19(3)11(14)2/h4-7,9-10H,8H2,1-3H3,(H,18,20)(H,21,22). The van der Waals surface area contributed by atoms with E-state index in [0.717, 1.165) is 11.3 Å². The number of carbonyl (C=O) groups excluding carboxylic acids is 1. The van der Waals surface area contributed by atoms with E-state index in [0.29, 0.717) is 17.7 Å². The molecule has 2 aromatic rings. The number of amides is 1. The Morgan fingerprint density at radius 3 is 2.45 bits per heavy atom. The van der Waals surface area contributed by atoms with E-state index in [9.17, 15) is 9.59 Å². The van der Waals surface area contributed by atoms with Crippen molar-refractivity contribution in [2.45, 2.75) is 20.3 Å². The quantitative estimate of drug-likeness (QED) is 0.887. The smallest absolute Gasteiger partial charge is 0.306 e. The Hall–Kier alpha value is -2.63. The molecular weight excluding hydrogens is 282 g/mol. The van der Waals surface area contributed by atoms with Crippen LogP contribution in [0.5, 0.6) is 0 Å². The van der Waals surface area contributed by atoms with Crippen LogP contribution in [0, 0.1) is 12.8 Å². The molecule has 2 rings (SSSR count). The van der Waals surface area contributed by atoms with Crippen LogP contribution in [0.1, 0.15) is 28.5 Å². The Balaban J connectivity index is 2.03. The molecular formula is C16H19N3O3. The Bertz CT molecular complexity index is 689. The zero-order chi connectivity index (χ0) is 16.3. The first-order chi connectivity index (χ1) is 10.4. The van der Waals surface area contributed by atoms with Gasteiger partial charge in [-0.25, -0.2) is 0 Å². The molecule has 0 spiro atoms. The number of carbonyl (C=O) groups is 2. The number of aryl methyl sites for hydroxylation is 1. The minimum atomic E-state index is -0.815. The molecule has 0 bridgehead atoms. The zero-order valence-corrected chi connectivity index (χ0v) is 12.8. The number of aliphatic carboxylic acids is 1. The highest BCUT2D eigenvalue weighted by Gasteiger charge is 2.14. The highest BCUT2D eigenvalue weighted by Crippen LogP contribution is 2.15. The van der Waals surface area contributed by atoms with E-state index >= 15 is 0 Å². The first-order valence-corrected chi connectivity index (χ1v) is 7.00. The summed E-state index contributed by atoms with van der Waals surface area (Å²) in [4.78, 5) is 23.0. The molecule has 6 nitrogen and oxygen atoms in total. The minimum Gasteiger partial charge on any atom is -0.481 e. The zero-order valence-electron chi connectivity index (χ0n) is 12.8. The summed E-state index contributed by atoms with van der Waals surface area (Å²) >= 11 is 0. The second-order valence-electron chi connectivity index (χ2n) is 5.36. The van der Waals surface area contributed by atoms with Gasteiger partial charge in [-0.3, -0.25) is 14.3 Å². The minimum absolute atomic E-state index is 0.211. The summed E-state index contributed by atoms with van der Waals surface area (Å²) < 4.78 is 1.64. The van der Waals surface area contributed by atoms with Crippen molar-refractivity contribution in [3.05, 3.63) is 47.3 Å². The van der Waals surface area contributed by atoms with Gasteiger partial charge in [0, 0.05) is 18.4 Å². The molecule has 1 aromatic carbocycles. The van der Waals surface area contributed by atoms with Gasteiger partial charge in [-0.05, 0) is 31.0 Å². The number of nitrogens with zero attached hydrogens (tertiary/aromatic N) is 2. The van der Waals surface area contributed by atoms with E-state index < -0.39 is 11.9 Å². The van der Waals surface area contributed by atoms with Gasteiger partial charge in [0.1, 0.15) is 0 Å². The molecule has 1 unspecified atom stereocenters. The average molecular weight is 301 g/mol. The summed E-state index contributed by atoms with van der Waals surface area (Å²) in [6, 6.07) is 7.19. The summed E-state index contributed by atoms with van der Waals surface area (Å²) in [5, 5.41) is 15.8. The third-order valence-electron chi connectivity index (χ3n) is 3.66. The van der Waals surface area contributed by atoms with Crippen molar-refractivity contribution >= 4 is 17.6 Å². The lowest BCUT2D eigenvalue weighted by Gasteiger charge is -2.08. The van der Waals surface area contributed by atoms with E-state index in [1.807, 2.05) is 19.1 Å². The Morgan fingerprint density at radius 2 is 1.95 bits per heavy atom. The van der Waals surface area contributed by atoms with Crippen molar-refractivity contribution in [2.75, 3.05) is 5.32 Å². The second-order valence-corrected chi connectivity index (χ2v) is 5.36. The molecule has 6 heteroatoms. The number of hydrogen-bond donors (Lipinski definition) is 2. The van der Waals surface area contributed by atoms with Gasteiger partial charge >= 0.3 is 5.97 Å². The topological polar surface area (TPSA) is 84.2 Å². The summed E-state index contributed by atoms with van der Waals surface area (Å²) in [5.41, 5.74) is 2.92. The molecule has 0 saturated carbocycles. The maximum atomic E-state index is 12.2. The number of benzene rings is 1. The third-order valence-corrected chi connectivity index (χ3v) is 3.66. The van der Waals surface area contributed by atoms with Crippen LogP contribution in [0.3, 0.4) is 0 Å². The second kappa shape index (κ2) is 6.43. The molecule has 0 aliphatic heterocycles. The van der Waals surface area contributed by atoms with Crippen LogP contribution in [0.4, 0.5) is 5.69 Å². The maximum Gasteiger partial charge on any atom is 0.306 e. The molecule has 1 amide bonds. The summed E-state index contributed by atoms with van der Waals surface area (Å²) in [6.45, 7) is 3.50. The monoisotopic (exact) mass is 301 g/mol. The Labute approximate surface area is 128 Å². The highest BCUT2D eigenvalue weighted by atomic mass is 16.4. The SMILES string of the molecule is Cc1c(C(=O)Nc2ccc(CC(C)C(=O)O)cc2)cnn1C. The van der Waals surface area contributed by atoms with Crippen molar-refractivity contribution in [1.29, 1.82) is 0 Å². The molecule has 1 atom stereocenters. The van der Waals surface area contributed by atoms with Crippen molar-refractivity contribution in [3.8, 4) is 0 Å². The number of carboxylic acids is 1. The van der Waals surface area contributed by atoms with Crippen LogP contribution in [0.2, 0.25) is 0 Å². The molecule has 0 radical (unpaired) electrons. The molecule has 2 N–H and O–H groups in total. The fourth-order valence-corrected chi connectivity index (χ4v) is 2.09. The number of carboxylic acid groups (broad SMARTS) is 1. The summed E-state index contributed by atoms with van der Waals surface area (Å²) in [6.07, 6.45) is 2.00. The van der Waals surface area contributed by atoms with E-state index in [4.69, 9.17) is 5.11 Å². The van der Waals surface area contributed by atoms with Gasteiger partial charge < -0.3 is 10.4 Å². The lowest BCUT2D eigenvalue weighted by Crippen LogP contribution is -2.14.